The highest BCUT2D eigenvalue weighted by Crippen LogP contribution is 2.31. The number of nitro benzene ring substituents is 1. The molecule has 1 aliphatic heterocycles. The monoisotopic (exact) mass is 355 g/mol. The van der Waals surface area contributed by atoms with Crippen LogP contribution in [-0.4, -0.2) is 37.1 Å². The second-order valence-corrected chi connectivity index (χ2v) is 6.39. The maximum absolute atomic E-state index is 12.5. The maximum Gasteiger partial charge on any atom is 0.294 e. The lowest BCUT2D eigenvalue weighted by Crippen LogP contribution is -2.36. The van der Waals surface area contributed by atoms with Crippen molar-refractivity contribution in [1.29, 1.82) is 0 Å². The van der Waals surface area contributed by atoms with Crippen LogP contribution < -0.4 is 10.2 Å². The van der Waals surface area contributed by atoms with Gasteiger partial charge in [0.05, 0.1) is 18.1 Å². The Bertz CT molecular complexity index is 824. The van der Waals surface area contributed by atoms with Crippen molar-refractivity contribution in [2.75, 3.05) is 36.5 Å². The first-order valence-corrected chi connectivity index (χ1v) is 8.45. The molecule has 0 unspecified atom stereocenters. The molecule has 1 saturated heterocycles. The first-order chi connectivity index (χ1) is 12.4. The summed E-state index contributed by atoms with van der Waals surface area (Å²) in [6, 6.07) is 10.3. The molecule has 7 heteroatoms. The van der Waals surface area contributed by atoms with Crippen molar-refractivity contribution in [3.05, 3.63) is 63.2 Å². The van der Waals surface area contributed by atoms with E-state index in [0.29, 0.717) is 43.2 Å². The van der Waals surface area contributed by atoms with Crippen LogP contribution in [0.15, 0.2) is 36.4 Å². The van der Waals surface area contributed by atoms with Crippen LogP contribution in [0.2, 0.25) is 0 Å². The number of hydrogen-bond donors (Lipinski definition) is 1. The molecule has 1 N–H and O–H groups in total. The standard InChI is InChI=1S/C19H21N3O4/c1-13-9-14(2)11-15(10-13)19(23)20-16-3-4-17(18(12-16)22(24)25)21-5-7-26-8-6-21/h3-4,9-12H,5-8H2,1-2H3,(H,20,23). The number of carbonyl (C=O) groups excluding carboxylic acids is 1. The lowest BCUT2D eigenvalue weighted by Gasteiger charge is -2.28. The molecule has 1 heterocycles. The molecule has 3 rings (SSSR count). The molecule has 1 fully saturated rings. The van der Waals surface area contributed by atoms with Gasteiger partial charge >= 0.3 is 0 Å². The second kappa shape index (κ2) is 7.53. The predicted octanol–water partition coefficient (Wildman–Crippen LogP) is 3.30. The van der Waals surface area contributed by atoms with E-state index in [-0.39, 0.29) is 11.6 Å². The number of carbonyl (C=O) groups is 1. The first kappa shape index (κ1) is 17.9. The third-order valence-electron chi connectivity index (χ3n) is 4.27. The highest BCUT2D eigenvalue weighted by atomic mass is 16.6. The lowest BCUT2D eigenvalue weighted by atomic mass is 10.1. The molecule has 0 atom stereocenters. The number of nitrogens with zero attached hydrogens (tertiary/aromatic N) is 2. The number of benzene rings is 2. The van der Waals surface area contributed by atoms with E-state index in [9.17, 15) is 14.9 Å². The number of amides is 1. The van der Waals surface area contributed by atoms with Gasteiger partial charge in [0.25, 0.3) is 11.6 Å². The van der Waals surface area contributed by atoms with Crippen LogP contribution in [0.4, 0.5) is 17.1 Å². The van der Waals surface area contributed by atoms with Crippen LogP contribution in [0.1, 0.15) is 21.5 Å². The summed E-state index contributed by atoms with van der Waals surface area (Å²) >= 11 is 0. The van der Waals surface area contributed by atoms with Crippen molar-refractivity contribution in [1.82, 2.24) is 0 Å². The Hall–Kier alpha value is -2.93. The Morgan fingerprint density at radius 1 is 1.12 bits per heavy atom. The van der Waals surface area contributed by atoms with Gasteiger partial charge in [-0.15, -0.1) is 0 Å². The molecule has 7 nitrogen and oxygen atoms in total. The van der Waals surface area contributed by atoms with Gasteiger partial charge in [-0.05, 0) is 38.1 Å². The highest BCUT2D eigenvalue weighted by Gasteiger charge is 2.22. The van der Waals surface area contributed by atoms with Gasteiger partial charge in [-0.3, -0.25) is 14.9 Å². The van der Waals surface area contributed by atoms with E-state index in [1.807, 2.05) is 24.8 Å². The first-order valence-electron chi connectivity index (χ1n) is 8.45. The molecule has 1 amide bonds. The fourth-order valence-corrected chi connectivity index (χ4v) is 3.13. The summed E-state index contributed by atoms with van der Waals surface area (Å²) in [5.41, 5.74) is 3.43. The summed E-state index contributed by atoms with van der Waals surface area (Å²) in [6.07, 6.45) is 0. The maximum atomic E-state index is 12.5. The molecule has 0 saturated carbocycles. The van der Waals surface area contributed by atoms with E-state index in [4.69, 9.17) is 4.74 Å². The molecular formula is C19H21N3O4. The summed E-state index contributed by atoms with van der Waals surface area (Å²) in [5, 5.41) is 14.2. The minimum atomic E-state index is -0.419. The van der Waals surface area contributed by atoms with E-state index in [0.717, 1.165) is 11.1 Å². The van der Waals surface area contributed by atoms with E-state index in [1.54, 1.807) is 24.3 Å². The number of ether oxygens (including phenoxy) is 1. The number of anilines is 2. The van der Waals surface area contributed by atoms with Gasteiger partial charge in [0.1, 0.15) is 5.69 Å². The van der Waals surface area contributed by atoms with E-state index in [2.05, 4.69) is 5.32 Å². The zero-order chi connectivity index (χ0) is 18.7. The van der Waals surface area contributed by atoms with Crippen LogP contribution in [0.5, 0.6) is 0 Å². The predicted molar refractivity (Wildman–Crippen MR) is 100.0 cm³/mol. The van der Waals surface area contributed by atoms with Gasteiger partial charge in [-0.2, -0.15) is 0 Å². The molecule has 0 bridgehead atoms. The fourth-order valence-electron chi connectivity index (χ4n) is 3.13. The van der Waals surface area contributed by atoms with Gasteiger partial charge in [0.2, 0.25) is 0 Å². The Morgan fingerprint density at radius 2 is 1.77 bits per heavy atom. The minimum absolute atomic E-state index is 0.0230. The summed E-state index contributed by atoms with van der Waals surface area (Å²) < 4.78 is 5.30. The van der Waals surface area contributed by atoms with E-state index in [1.165, 1.54) is 6.07 Å². The number of rotatable bonds is 4. The summed E-state index contributed by atoms with van der Waals surface area (Å²) in [7, 11) is 0. The molecule has 2 aromatic carbocycles. The van der Waals surface area contributed by atoms with Gasteiger partial charge < -0.3 is 15.0 Å². The summed E-state index contributed by atoms with van der Waals surface area (Å²) in [5.74, 6) is -0.287. The second-order valence-electron chi connectivity index (χ2n) is 6.39. The van der Waals surface area contributed by atoms with Crippen molar-refractivity contribution in [3.63, 3.8) is 0 Å². The molecule has 136 valence electrons. The van der Waals surface area contributed by atoms with Crippen LogP contribution in [0, 0.1) is 24.0 Å². The highest BCUT2D eigenvalue weighted by molar-refractivity contribution is 6.04. The summed E-state index contributed by atoms with van der Waals surface area (Å²) in [6.45, 7) is 6.15. The van der Waals surface area contributed by atoms with Gasteiger partial charge in [0, 0.05) is 30.4 Å². The number of hydrogen-bond acceptors (Lipinski definition) is 5. The van der Waals surface area contributed by atoms with Crippen LogP contribution in [0.25, 0.3) is 0 Å². The fraction of sp³-hybridized carbons (Fsp3) is 0.316. The van der Waals surface area contributed by atoms with Crippen molar-refractivity contribution in [2.45, 2.75) is 13.8 Å². The molecule has 1 aliphatic rings. The van der Waals surface area contributed by atoms with E-state index < -0.39 is 4.92 Å². The quantitative estimate of drug-likeness (QED) is 0.672. The van der Waals surface area contributed by atoms with Gasteiger partial charge in [-0.1, -0.05) is 17.2 Å². The Balaban J connectivity index is 1.85. The molecule has 0 radical (unpaired) electrons. The van der Waals surface area contributed by atoms with Crippen LogP contribution >= 0.6 is 0 Å². The molecule has 26 heavy (non-hydrogen) atoms. The molecule has 0 aromatic heterocycles. The van der Waals surface area contributed by atoms with Crippen molar-refractivity contribution >= 4 is 23.0 Å². The van der Waals surface area contributed by atoms with Crippen molar-refractivity contribution < 1.29 is 14.5 Å². The number of nitro groups is 1. The van der Waals surface area contributed by atoms with Crippen molar-refractivity contribution in [3.8, 4) is 0 Å². The van der Waals surface area contributed by atoms with Crippen LogP contribution in [-0.2, 0) is 4.74 Å². The third kappa shape index (κ3) is 4.00. The zero-order valence-electron chi connectivity index (χ0n) is 14.8. The zero-order valence-corrected chi connectivity index (χ0v) is 14.8. The Labute approximate surface area is 151 Å². The number of aryl methyl sites for hydroxylation is 2. The smallest absolute Gasteiger partial charge is 0.294 e. The molecular weight excluding hydrogens is 334 g/mol. The van der Waals surface area contributed by atoms with Gasteiger partial charge in [0.15, 0.2) is 0 Å². The van der Waals surface area contributed by atoms with Gasteiger partial charge in [-0.25, -0.2) is 0 Å². The van der Waals surface area contributed by atoms with E-state index >= 15 is 0 Å². The average molecular weight is 355 g/mol. The Kier molecular flexibility index (Phi) is 5.18. The summed E-state index contributed by atoms with van der Waals surface area (Å²) in [4.78, 5) is 25.5. The Morgan fingerprint density at radius 3 is 2.38 bits per heavy atom. The largest absolute Gasteiger partial charge is 0.378 e. The SMILES string of the molecule is Cc1cc(C)cc(C(=O)Nc2ccc(N3CCOCC3)c([N+](=O)[O-])c2)c1. The van der Waals surface area contributed by atoms with Crippen LogP contribution in [0.3, 0.4) is 0 Å². The average Bonchev–Trinajstić information content (AvgIpc) is 2.61. The topological polar surface area (TPSA) is 84.7 Å². The normalized spacial score (nSPS) is 14.2. The lowest BCUT2D eigenvalue weighted by molar-refractivity contribution is -0.384. The number of nitrogens with one attached hydrogen (secondary N) is 1. The molecule has 0 aliphatic carbocycles. The van der Waals surface area contributed by atoms with Crippen molar-refractivity contribution in [2.24, 2.45) is 0 Å². The molecule has 0 spiro atoms. The molecule has 2 aromatic rings. The third-order valence-corrected chi connectivity index (χ3v) is 4.27. The number of morpholine rings is 1. The minimum Gasteiger partial charge on any atom is -0.378 e.